The molecular weight excluding hydrogens is 468 g/mol. The number of rotatable bonds is 9. The van der Waals surface area contributed by atoms with Crippen molar-refractivity contribution in [3.05, 3.63) is 86.7 Å². The highest BCUT2D eigenvalue weighted by Crippen LogP contribution is 2.28. The van der Waals surface area contributed by atoms with Crippen molar-refractivity contribution >= 4 is 29.6 Å². The van der Waals surface area contributed by atoms with Crippen LogP contribution in [0.15, 0.2) is 58.8 Å². The molecule has 0 saturated carbocycles. The van der Waals surface area contributed by atoms with Crippen LogP contribution in [0.25, 0.3) is 0 Å². The van der Waals surface area contributed by atoms with Crippen LogP contribution in [0, 0.1) is 17.0 Å². The van der Waals surface area contributed by atoms with Gasteiger partial charge in [0.1, 0.15) is 17.0 Å². The molecule has 0 radical (unpaired) electrons. The number of methoxy groups -OCH3 is 1. The van der Waals surface area contributed by atoms with Crippen LogP contribution in [0.2, 0.25) is 0 Å². The van der Waals surface area contributed by atoms with E-state index >= 15 is 0 Å². The highest BCUT2D eigenvalue weighted by Gasteiger charge is 2.18. The maximum atomic E-state index is 13.0. The van der Waals surface area contributed by atoms with E-state index < -0.39 is 17.3 Å². The van der Waals surface area contributed by atoms with Crippen LogP contribution in [-0.2, 0) is 5.75 Å². The standard InChI is InChI=1S/C22H19F2N5O4S/c1-13-9-17(20(23)24)27-22(26-13)34-12-15-10-14(7-8-19(15)33-2)11-25-28-21(30)16-5-3-4-6-18(16)29(31)32/h3-11,20H,12H2,1-2H3,(H,28,30)/b25-11+. The van der Waals surface area contributed by atoms with E-state index in [9.17, 15) is 23.7 Å². The largest absolute Gasteiger partial charge is 0.496 e. The molecule has 0 aliphatic carbocycles. The minimum absolute atomic E-state index is 0.113. The summed E-state index contributed by atoms with van der Waals surface area (Å²) in [5.41, 5.74) is 3.27. The fourth-order valence-corrected chi connectivity index (χ4v) is 3.81. The summed E-state index contributed by atoms with van der Waals surface area (Å²) in [5, 5.41) is 15.2. The number of nitrogens with zero attached hydrogens (tertiary/aromatic N) is 4. The molecule has 0 atom stereocenters. The number of aryl methyl sites for hydroxylation is 1. The average Bonchev–Trinajstić information content (AvgIpc) is 2.82. The number of alkyl halides is 2. The van der Waals surface area contributed by atoms with Gasteiger partial charge in [0, 0.05) is 23.1 Å². The van der Waals surface area contributed by atoms with Gasteiger partial charge in [-0.25, -0.2) is 24.2 Å². The van der Waals surface area contributed by atoms with Gasteiger partial charge in [-0.2, -0.15) is 5.10 Å². The molecule has 0 fully saturated rings. The Hall–Kier alpha value is -3.93. The molecule has 0 saturated heterocycles. The first-order valence-electron chi connectivity index (χ1n) is 9.78. The van der Waals surface area contributed by atoms with Crippen molar-refractivity contribution < 1.29 is 23.2 Å². The second-order valence-corrected chi connectivity index (χ2v) is 7.79. The first-order chi connectivity index (χ1) is 16.3. The van der Waals surface area contributed by atoms with E-state index in [1.54, 1.807) is 25.1 Å². The summed E-state index contributed by atoms with van der Waals surface area (Å²) in [5.74, 6) is 0.175. The number of nitro benzene ring substituents is 1. The zero-order valence-electron chi connectivity index (χ0n) is 18.1. The maximum Gasteiger partial charge on any atom is 0.282 e. The lowest BCUT2D eigenvalue weighted by molar-refractivity contribution is -0.385. The number of halogens is 2. The molecule has 9 nitrogen and oxygen atoms in total. The number of nitrogens with one attached hydrogen (secondary N) is 1. The number of para-hydroxylation sites is 1. The Bertz CT molecular complexity index is 1240. The summed E-state index contributed by atoms with van der Waals surface area (Å²) in [6, 6.07) is 11.9. The van der Waals surface area contributed by atoms with Crippen molar-refractivity contribution in [3.8, 4) is 5.75 Å². The lowest BCUT2D eigenvalue weighted by Crippen LogP contribution is -2.18. The lowest BCUT2D eigenvalue weighted by atomic mass is 10.1. The van der Waals surface area contributed by atoms with Gasteiger partial charge in [0.2, 0.25) is 0 Å². The van der Waals surface area contributed by atoms with Gasteiger partial charge >= 0.3 is 0 Å². The molecule has 3 rings (SSSR count). The normalized spacial score (nSPS) is 11.1. The monoisotopic (exact) mass is 487 g/mol. The second kappa shape index (κ2) is 11.3. The number of thioether (sulfide) groups is 1. The van der Waals surface area contributed by atoms with E-state index in [0.717, 1.165) is 5.56 Å². The number of nitro groups is 1. The topological polar surface area (TPSA) is 120 Å². The number of hydrogen-bond donors (Lipinski definition) is 1. The highest BCUT2D eigenvalue weighted by atomic mass is 32.2. The molecule has 0 bridgehead atoms. The molecule has 1 aromatic heterocycles. The molecule has 0 unspecified atom stereocenters. The van der Waals surface area contributed by atoms with Gasteiger partial charge in [0.05, 0.1) is 18.2 Å². The van der Waals surface area contributed by atoms with Crippen molar-refractivity contribution in [1.82, 2.24) is 15.4 Å². The Morgan fingerprint density at radius 2 is 2.03 bits per heavy atom. The summed E-state index contributed by atoms with van der Waals surface area (Å²) < 4.78 is 31.4. The van der Waals surface area contributed by atoms with E-state index in [4.69, 9.17) is 4.74 Å². The number of hydrazone groups is 1. The van der Waals surface area contributed by atoms with Gasteiger partial charge in [-0.1, -0.05) is 23.9 Å². The average molecular weight is 487 g/mol. The third-order valence-electron chi connectivity index (χ3n) is 4.46. The first kappa shape index (κ1) is 24.7. The summed E-state index contributed by atoms with van der Waals surface area (Å²) >= 11 is 1.17. The molecule has 1 N–H and O–H groups in total. The smallest absolute Gasteiger partial charge is 0.282 e. The number of ether oxygens (including phenoxy) is 1. The van der Waals surface area contributed by atoms with Gasteiger partial charge < -0.3 is 4.74 Å². The lowest BCUT2D eigenvalue weighted by Gasteiger charge is -2.10. The second-order valence-electron chi connectivity index (χ2n) is 6.85. The predicted octanol–water partition coefficient (Wildman–Crippen LogP) is 4.70. The van der Waals surface area contributed by atoms with Gasteiger partial charge in [-0.05, 0) is 42.8 Å². The predicted molar refractivity (Wildman–Crippen MR) is 122 cm³/mol. The molecule has 1 heterocycles. The molecule has 0 spiro atoms. The van der Waals surface area contributed by atoms with Crippen LogP contribution in [0.4, 0.5) is 14.5 Å². The Morgan fingerprint density at radius 3 is 2.74 bits per heavy atom. The molecule has 12 heteroatoms. The fraction of sp³-hybridized carbons (Fsp3) is 0.182. The maximum absolute atomic E-state index is 13.0. The molecule has 0 aliphatic rings. The van der Waals surface area contributed by atoms with Crippen LogP contribution in [0.1, 0.15) is 39.3 Å². The molecule has 176 valence electrons. The van der Waals surface area contributed by atoms with Crippen molar-refractivity contribution in [2.45, 2.75) is 24.3 Å². The zero-order valence-corrected chi connectivity index (χ0v) is 18.9. The quantitative estimate of drug-likeness (QED) is 0.153. The van der Waals surface area contributed by atoms with Crippen LogP contribution < -0.4 is 10.2 Å². The highest BCUT2D eigenvalue weighted by molar-refractivity contribution is 7.98. The van der Waals surface area contributed by atoms with Gasteiger partial charge in [-0.3, -0.25) is 14.9 Å². The van der Waals surface area contributed by atoms with E-state index in [0.29, 0.717) is 22.8 Å². The number of benzene rings is 2. The van der Waals surface area contributed by atoms with Crippen molar-refractivity contribution in [1.29, 1.82) is 0 Å². The summed E-state index contributed by atoms with van der Waals surface area (Å²) in [6.45, 7) is 1.62. The number of hydrogen-bond acceptors (Lipinski definition) is 8. The molecule has 1 amide bonds. The van der Waals surface area contributed by atoms with Gasteiger partial charge in [0.15, 0.2) is 5.16 Å². The van der Waals surface area contributed by atoms with Crippen molar-refractivity contribution in [2.24, 2.45) is 5.10 Å². The number of carbonyl (C=O) groups is 1. The van der Waals surface area contributed by atoms with Gasteiger partial charge in [-0.15, -0.1) is 0 Å². The third-order valence-corrected chi connectivity index (χ3v) is 5.36. The number of carbonyl (C=O) groups excluding carboxylic acids is 1. The van der Waals surface area contributed by atoms with Gasteiger partial charge in [0.25, 0.3) is 18.0 Å². The molecular formula is C22H19F2N5O4S. The molecule has 34 heavy (non-hydrogen) atoms. The van der Waals surface area contributed by atoms with E-state index in [2.05, 4.69) is 20.5 Å². The van der Waals surface area contributed by atoms with Crippen LogP contribution in [0.3, 0.4) is 0 Å². The van der Waals surface area contributed by atoms with Crippen LogP contribution in [-0.4, -0.2) is 34.1 Å². The minimum atomic E-state index is -2.69. The van der Waals surface area contributed by atoms with Crippen LogP contribution in [0.5, 0.6) is 5.75 Å². The number of amides is 1. The van der Waals surface area contributed by atoms with E-state index in [1.807, 2.05) is 0 Å². The zero-order chi connectivity index (χ0) is 24.7. The summed E-state index contributed by atoms with van der Waals surface area (Å²) in [6.07, 6.45) is -1.32. The third kappa shape index (κ3) is 6.32. The van der Waals surface area contributed by atoms with Crippen molar-refractivity contribution in [2.75, 3.05) is 7.11 Å². The fourth-order valence-electron chi connectivity index (χ4n) is 2.93. The summed E-state index contributed by atoms with van der Waals surface area (Å²) in [7, 11) is 1.50. The Kier molecular flexibility index (Phi) is 8.19. The molecule has 2 aromatic carbocycles. The van der Waals surface area contributed by atoms with Crippen LogP contribution >= 0.6 is 11.8 Å². The molecule has 0 aliphatic heterocycles. The molecule has 3 aromatic rings. The number of aromatic nitrogens is 2. The van der Waals surface area contributed by atoms with E-state index in [1.165, 1.54) is 55.4 Å². The van der Waals surface area contributed by atoms with Crippen molar-refractivity contribution in [3.63, 3.8) is 0 Å². The summed E-state index contributed by atoms with van der Waals surface area (Å²) in [4.78, 5) is 30.8. The Morgan fingerprint density at radius 1 is 1.26 bits per heavy atom. The first-order valence-corrected chi connectivity index (χ1v) is 10.8. The SMILES string of the molecule is COc1ccc(/C=N/NC(=O)c2ccccc2[N+](=O)[O-])cc1CSc1nc(C)cc(C(F)F)n1. The van der Waals surface area contributed by atoms with E-state index in [-0.39, 0.29) is 22.1 Å². The Labute approximate surface area is 197 Å². The Balaban J connectivity index is 1.72. The minimum Gasteiger partial charge on any atom is -0.496 e.